The van der Waals surface area contributed by atoms with Gasteiger partial charge in [0.15, 0.2) is 0 Å². The van der Waals surface area contributed by atoms with Gasteiger partial charge in [0.2, 0.25) is 0 Å². The molecular weight excluding hydrogens is 260 g/mol. The van der Waals surface area contributed by atoms with Gasteiger partial charge in [0.25, 0.3) is 0 Å². The first kappa shape index (κ1) is 13.7. The van der Waals surface area contributed by atoms with Crippen molar-refractivity contribution in [1.29, 1.82) is 0 Å². The second kappa shape index (κ2) is 6.48. The summed E-state index contributed by atoms with van der Waals surface area (Å²) in [5.41, 5.74) is 0.975. The number of rotatable bonds is 5. The molecule has 0 radical (unpaired) electrons. The number of esters is 1. The summed E-state index contributed by atoms with van der Waals surface area (Å²) in [4.78, 5) is 13.0. The van der Waals surface area contributed by atoms with Crippen LogP contribution in [0.15, 0.2) is 52.0 Å². The summed E-state index contributed by atoms with van der Waals surface area (Å²) in [6.45, 7) is 1.91. The van der Waals surface area contributed by atoms with E-state index < -0.39 is 0 Å². The van der Waals surface area contributed by atoms with Gasteiger partial charge in [0.1, 0.15) is 5.76 Å². The van der Waals surface area contributed by atoms with Crippen molar-refractivity contribution >= 4 is 17.7 Å². The van der Waals surface area contributed by atoms with E-state index in [-0.39, 0.29) is 11.9 Å². The molecule has 0 bridgehead atoms. The Hall–Kier alpha value is -1.68. The average Bonchev–Trinajstić information content (AvgIpc) is 2.85. The lowest BCUT2D eigenvalue weighted by Gasteiger charge is -2.14. The molecule has 0 fully saturated rings. The number of carbonyl (C=O) groups is 1. The molecule has 2 rings (SSSR count). The van der Waals surface area contributed by atoms with Gasteiger partial charge in [-0.05, 0) is 18.6 Å². The van der Waals surface area contributed by atoms with E-state index in [0.717, 1.165) is 16.2 Å². The second-order valence-corrected chi connectivity index (χ2v) is 5.20. The summed E-state index contributed by atoms with van der Waals surface area (Å²) in [6, 6.07) is 11.6. The van der Waals surface area contributed by atoms with Crippen LogP contribution in [0, 0.1) is 6.92 Å². The maximum Gasteiger partial charge on any atom is 0.313 e. The lowest BCUT2D eigenvalue weighted by Crippen LogP contribution is -2.16. The van der Waals surface area contributed by atoms with Crippen LogP contribution in [0.3, 0.4) is 0 Å². The van der Waals surface area contributed by atoms with E-state index in [4.69, 9.17) is 9.15 Å². The number of carbonyl (C=O) groups excluding carboxylic acids is 1. The Morgan fingerprint density at radius 2 is 2.05 bits per heavy atom. The molecule has 0 spiro atoms. The third-order valence-corrected chi connectivity index (χ3v) is 4.14. The summed E-state index contributed by atoms with van der Waals surface area (Å²) in [7, 11) is 1.42. The van der Waals surface area contributed by atoms with Crippen LogP contribution in [-0.2, 0) is 9.53 Å². The van der Waals surface area contributed by atoms with E-state index in [1.807, 2.05) is 43.3 Å². The maximum absolute atomic E-state index is 11.9. The third-order valence-electron chi connectivity index (χ3n) is 2.90. The molecular formula is C15H16O3S. The van der Waals surface area contributed by atoms with E-state index in [1.165, 1.54) is 7.11 Å². The van der Waals surface area contributed by atoms with Crippen molar-refractivity contribution in [3.63, 3.8) is 0 Å². The Balaban J connectivity index is 2.11. The summed E-state index contributed by atoms with van der Waals surface area (Å²) in [6.07, 6.45) is 1.66. The topological polar surface area (TPSA) is 39.4 Å². The van der Waals surface area contributed by atoms with E-state index in [2.05, 4.69) is 0 Å². The number of hydrogen-bond donors (Lipinski definition) is 0. The largest absolute Gasteiger partial charge is 0.469 e. The van der Waals surface area contributed by atoms with Crippen molar-refractivity contribution < 1.29 is 13.9 Å². The van der Waals surface area contributed by atoms with E-state index in [1.54, 1.807) is 18.0 Å². The molecule has 0 saturated carbocycles. The zero-order valence-corrected chi connectivity index (χ0v) is 11.8. The van der Waals surface area contributed by atoms with Crippen LogP contribution in [0.4, 0.5) is 0 Å². The molecule has 1 aromatic carbocycles. The number of methoxy groups -OCH3 is 1. The molecule has 0 N–H and O–H groups in total. The van der Waals surface area contributed by atoms with Crippen molar-refractivity contribution in [2.45, 2.75) is 17.7 Å². The van der Waals surface area contributed by atoms with Gasteiger partial charge in [-0.2, -0.15) is 0 Å². The highest BCUT2D eigenvalue weighted by molar-refractivity contribution is 7.99. The van der Waals surface area contributed by atoms with Crippen molar-refractivity contribution in [1.82, 2.24) is 0 Å². The van der Waals surface area contributed by atoms with Gasteiger partial charge < -0.3 is 9.15 Å². The zero-order chi connectivity index (χ0) is 13.7. The highest BCUT2D eigenvalue weighted by Crippen LogP contribution is 2.29. The van der Waals surface area contributed by atoms with Gasteiger partial charge in [-0.1, -0.05) is 30.3 Å². The molecule has 3 nitrogen and oxygen atoms in total. The SMILES string of the molecule is COC(=O)C(CSc1ccoc1C)c1ccccc1. The Bertz CT molecular complexity index is 533. The summed E-state index contributed by atoms with van der Waals surface area (Å²) < 4.78 is 10.1. The molecule has 2 aromatic rings. The predicted octanol–water partition coefficient (Wildman–Crippen LogP) is 3.64. The molecule has 1 unspecified atom stereocenters. The van der Waals surface area contributed by atoms with Crippen LogP contribution in [0.25, 0.3) is 0 Å². The van der Waals surface area contributed by atoms with Crippen LogP contribution < -0.4 is 0 Å². The minimum Gasteiger partial charge on any atom is -0.469 e. The molecule has 1 heterocycles. The first-order valence-corrected chi connectivity index (χ1v) is 7.00. The fourth-order valence-corrected chi connectivity index (χ4v) is 2.90. The van der Waals surface area contributed by atoms with Gasteiger partial charge >= 0.3 is 5.97 Å². The van der Waals surface area contributed by atoms with E-state index in [9.17, 15) is 4.79 Å². The van der Waals surface area contributed by atoms with E-state index in [0.29, 0.717) is 5.75 Å². The van der Waals surface area contributed by atoms with Crippen LogP contribution in [0.1, 0.15) is 17.2 Å². The van der Waals surface area contributed by atoms with Crippen LogP contribution >= 0.6 is 11.8 Å². The van der Waals surface area contributed by atoms with Crippen LogP contribution in [0.5, 0.6) is 0 Å². The third kappa shape index (κ3) is 3.41. The molecule has 4 heteroatoms. The first-order chi connectivity index (χ1) is 9.22. The van der Waals surface area contributed by atoms with Crippen molar-refractivity contribution in [2.75, 3.05) is 12.9 Å². The monoisotopic (exact) mass is 276 g/mol. The van der Waals surface area contributed by atoms with Crippen LogP contribution in [0.2, 0.25) is 0 Å². The number of furan rings is 1. The van der Waals surface area contributed by atoms with Gasteiger partial charge in [0.05, 0.1) is 19.3 Å². The van der Waals surface area contributed by atoms with Crippen molar-refractivity contribution in [3.05, 3.63) is 54.0 Å². The smallest absolute Gasteiger partial charge is 0.313 e. The molecule has 0 saturated heterocycles. The fraction of sp³-hybridized carbons (Fsp3) is 0.267. The van der Waals surface area contributed by atoms with Crippen molar-refractivity contribution in [3.8, 4) is 0 Å². The number of hydrogen-bond acceptors (Lipinski definition) is 4. The summed E-state index contributed by atoms with van der Waals surface area (Å²) >= 11 is 1.61. The van der Waals surface area contributed by atoms with Crippen LogP contribution in [-0.4, -0.2) is 18.8 Å². The van der Waals surface area contributed by atoms with Crippen molar-refractivity contribution in [2.24, 2.45) is 0 Å². The lowest BCUT2D eigenvalue weighted by atomic mass is 10.0. The maximum atomic E-state index is 11.9. The summed E-state index contributed by atoms with van der Waals surface area (Å²) in [5, 5.41) is 0. The number of thioether (sulfide) groups is 1. The van der Waals surface area contributed by atoms with Gasteiger partial charge in [0, 0.05) is 10.6 Å². The molecule has 0 aliphatic heterocycles. The first-order valence-electron chi connectivity index (χ1n) is 6.02. The average molecular weight is 276 g/mol. The fourth-order valence-electron chi connectivity index (χ4n) is 1.82. The molecule has 0 aliphatic carbocycles. The Morgan fingerprint density at radius 1 is 1.32 bits per heavy atom. The van der Waals surface area contributed by atoms with Gasteiger partial charge in [-0.25, -0.2) is 0 Å². The number of benzene rings is 1. The minimum atomic E-state index is -0.259. The molecule has 19 heavy (non-hydrogen) atoms. The second-order valence-electron chi connectivity index (χ2n) is 4.14. The molecule has 1 atom stereocenters. The number of aryl methyl sites for hydroxylation is 1. The highest BCUT2D eigenvalue weighted by Gasteiger charge is 2.22. The predicted molar refractivity (Wildman–Crippen MR) is 75.4 cm³/mol. The molecule has 0 amide bonds. The quantitative estimate of drug-likeness (QED) is 0.617. The lowest BCUT2D eigenvalue weighted by molar-refractivity contribution is -0.141. The normalized spacial score (nSPS) is 12.1. The molecule has 100 valence electrons. The number of ether oxygens (including phenoxy) is 1. The Labute approximate surface area is 117 Å². The molecule has 1 aromatic heterocycles. The van der Waals surface area contributed by atoms with E-state index >= 15 is 0 Å². The Kier molecular flexibility index (Phi) is 4.68. The standard InChI is InChI=1S/C15H16O3S/c1-11-14(8-9-18-11)19-10-13(15(16)17-2)12-6-4-3-5-7-12/h3-9,13H,10H2,1-2H3. The highest BCUT2D eigenvalue weighted by atomic mass is 32.2. The van der Waals surface area contributed by atoms with Gasteiger partial charge in [-0.15, -0.1) is 11.8 Å². The molecule has 0 aliphatic rings. The van der Waals surface area contributed by atoms with Gasteiger partial charge in [-0.3, -0.25) is 4.79 Å². The summed E-state index contributed by atoms with van der Waals surface area (Å²) in [5.74, 6) is 1.05. The zero-order valence-electron chi connectivity index (χ0n) is 11.0. The Morgan fingerprint density at radius 3 is 2.63 bits per heavy atom. The minimum absolute atomic E-state index is 0.208.